The minimum absolute atomic E-state index is 0.0708. The Kier molecular flexibility index (Phi) is 5.23. The van der Waals surface area contributed by atoms with Crippen LogP contribution < -0.4 is 0 Å². The van der Waals surface area contributed by atoms with Crippen LogP contribution in [0.1, 0.15) is 28.9 Å². The molecule has 0 spiro atoms. The third-order valence-corrected chi connectivity index (χ3v) is 4.21. The molecular weight excluding hydrogens is 358 g/mol. The van der Waals surface area contributed by atoms with Crippen LogP contribution in [0.15, 0.2) is 54.6 Å². The molecule has 2 atom stereocenters. The summed E-state index contributed by atoms with van der Waals surface area (Å²) in [4.78, 5) is 37.9. The maximum atomic E-state index is 12.4. The molecule has 134 valence electrons. The van der Waals surface area contributed by atoms with Crippen LogP contribution in [-0.2, 0) is 14.3 Å². The molecule has 0 aliphatic carbocycles. The average Bonchev–Trinajstić information content (AvgIpc) is 3.01. The van der Waals surface area contributed by atoms with Gasteiger partial charge >= 0.3 is 12.1 Å². The van der Waals surface area contributed by atoms with Gasteiger partial charge in [-0.3, -0.25) is 9.69 Å². The molecular formula is C19H16ClNO5. The first-order valence-corrected chi connectivity index (χ1v) is 8.32. The van der Waals surface area contributed by atoms with Gasteiger partial charge < -0.3 is 9.47 Å². The molecule has 1 fully saturated rings. The van der Waals surface area contributed by atoms with E-state index in [4.69, 9.17) is 21.1 Å². The summed E-state index contributed by atoms with van der Waals surface area (Å²) < 4.78 is 10.4. The normalized spacial score (nSPS) is 17.5. The van der Waals surface area contributed by atoms with E-state index < -0.39 is 30.1 Å². The minimum Gasteiger partial charge on any atom is -0.447 e. The molecule has 1 aliphatic rings. The summed E-state index contributed by atoms with van der Waals surface area (Å²) in [6.45, 7) is 1.32. The number of nitrogens with zero attached hydrogens (tertiary/aromatic N) is 1. The van der Waals surface area contributed by atoms with Crippen molar-refractivity contribution in [2.75, 3.05) is 6.61 Å². The fraction of sp³-hybridized carbons (Fsp3) is 0.211. The third kappa shape index (κ3) is 3.70. The quantitative estimate of drug-likeness (QED) is 0.748. The average molecular weight is 374 g/mol. The largest absolute Gasteiger partial charge is 0.447 e. The number of Topliss-reactive ketones (excluding diaryl/α,β-unsaturated/α-hetero) is 1. The summed E-state index contributed by atoms with van der Waals surface area (Å²) in [5, 5.41) is 0.363. The summed E-state index contributed by atoms with van der Waals surface area (Å²) in [6, 6.07) is 14.7. The number of hydrogen-bond donors (Lipinski definition) is 0. The van der Waals surface area contributed by atoms with E-state index in [1.165, 1.54) is 19.1 Å². The highest BCUT2D eigenvalue weighted by atomic mass is 35.5. The summed E-state index contributed by atoms with van der Waals surface area (Å²) in [7, 11) is 0. The van der Waals surface area contributed by atoms with Crippen molar-refractivity contribution in [3.63, 3.8) is 0 Å². The first-order chi connectivity index (χ1) is 12.5. The van der Waals surface area contributed by atoms with Crippen molar-refractivity contribution >= 4 is 29.4 Å². The van der Waals surface area contributed by atoms with E-state index in [1.54, 1.807) is 12.1 Å². The van der Waals surface area contributed by atoms with Crippen LogP contribution >= 0.6 is 11.6 Å². The summed E-state index contributed by atoms with van der Waals surface area (Å²) in [6.07, 6.45) is -2.10. The van der Waals surface area contributed by atoms with Gasteiger partial charge in [0.05, 0.1) is 11.6 Å². The van der Waals surface area contributed by atoms with Crippen molar-refractivity contribution in [2.24, 2.45) is 0 Å². The predicted molar refractivity (Wildman–Crippen MR) is 93.7 cm³/mol. The SMILES string of the molecule is CC(=O)[C@H](OC(=O)c1cccc(Cl)c1)N1C(=O)OC[C@H]1c1ccccc1. The van der Waals surface area contributed by atoms with Crippen LogP contribution in [0.3, 0.4) is 0 Å². The monoisotopic (exact) mass is 373 g/mol. The zero-order valence-electron chi connectivity index (χ0n) is 13.9. The lowest BCUT2D eigenvalue weighted by Gasteiger charge is -2.28. The summed E-state index contributed by atoms with van der Waals surface area (Å²) in [5.41, 5.74) is 0.968. The number of benzene rings is 2. The van der Waals surface area contributed by atoms with Crippen LogP contribution in [0.2, 0.25) is 5.02 Å². The van der Waals surface area contributed by atoms with Gasteiger partial charge in [0.25, 0.3) is 0 Å². The third-order valence-electron chi connectivity index (χ3n) is 3.98. The Labute approximate surface area is 155 Å². The zero-order valence-corrected chi connectivity index (χ0v) is 14.7. The Morgan fingerprint density at radius 2 is 1.92 bits per heavy atom. The number of esters is 1. The molecule has 1 amide bonds. The molecule has 0 N–H and O–H groups in total. The number of carbonyl (C=O) groups excluding carboxylic acids is 3. The molecule has 1 saturated heterocycles. The fourth-order valence-electron chi connectivity index (χ4n) is 2.74. The van der Waals surface area contributed by atoms with Crippen LogP contribution in [0.25, 0.3) is 0 Å². The highest BCUT2D eigenvalue weighted by Crippen LogP contribution is 2.30. The molecule has 0 bridgehead atoms. The van der Waals surface area contributed by atoms with Gasteiger partial charge in [0.2, 0.25) is 6.23 Å². The number of rotatable bonds is 5. The second kappa shape index (κ2) is 7.58. The molecule has 0 radical (unpaired) electrons. The Bertz CT molecular complexity index is 839. The topological polar surface area (TPSA) is 72.9 Å². The molecule has 26 heavy (non-hydrogen) atoms. The van der Waals surface area contributed by atoms with Gasteiger partial charge in [-0.1, -0.05) is 48.0 Å². The Balaban J connectivity index is 1.87. The molecule has 1 heterocycles. The summed E-state index contributed by atoms with van der Waals surface area (Å²) in [5.74, 6) is -1.24. The fourth-order valence-corrected chi connectivity index (χ4v) is 2.93. The van der Waals surface area contributed by atoms with Gasteiger partial charge in [0.1, 0.15) is 6.61 Å². The van der Waals surface area contributed by atoms with Gasteiger partial charge in [-0.2, -0.15) is 0 Å². The molecule has 2 aromatic rings. The van der Waals surface area contributed by atoms with Crippen molar-refractivity contribution in [3.05, 3.63) is 70.7 Å². The lowest BCUT2D eigenvalue weighted by Crippen LogP contribution is -2.45. The molecule has 2 aromatic carbocycles. The van der Waals surface area contributed by atoms with E-state index in [1.807, 2.05) is 30.3 Å². The smallest absolute Gasteiger partial charge is 0.413 e. The number of ketones is 1. The second-order valence-electron chi connectivity index (χ2n) is 5.79. The number of carbonyl (C=O) groups is 3. The highest BCUT2D eigenvalue weighted by Gasteiger charge is 2.43. The van der Waals surface area contributed by atoms with Crippen LogP contribution in [0.5, 0.6) is 0 Å². The first kappa shape index (κ1) is 17.9. The Morgan fingerprint density at radius 1 is 1.19 bits per heavy atom. The summed E-state index contributed by atoms with van der Waals surface area (Å²) >= 11 is 5.88. The van der Waals surface area contributed by atoms with Crippen LogP contribution in [-0.4, -0.2) is 35.6 Å². The highest BCUT2D eigenvalue weighted by molar-refractivity contribution is 6.30. The van der Waals surface area contributed by atoms with Crippen LogP contribution in [0.4, 0.5) is 4.79 Å². The predicted octanol–water partition coefficient (Wildman–Crippen LogP) is 3.61. The number of hydrogen-bond acceptors (Lipinski definition) is 5. The van der Waals surface area contributed by atoms with Crippen LogP contribution in [0, 0.1) is 0 Å². The molecule has 0 aromatic heterocycles. The van der Waals surface area contributed by atoms with Crippen molar-refractivity contribution in [2.45, 2.75) is 19.2 Å². The molecule has 7 heteroatoms. The second-order valence-corrected chi connectivity index (χ2v) is 6.23. The van der Waals surface area contributed by atoms with Crippen molar-refractivity contribution in [1.82, 2.24) is 4.90 Å². The Hall–Kier alpha value is -2.86. The van der Waals surface area contributed by atoms with Crippen molar-refractivity contribution < 1.29 is 23.9 Å². The lowest BCUT2D eigenvalue weighted by molar-refractivity contribution is -0.134. The van der Waals surface area contributed by atoms with Gasteiger partial charge in [-0.05, 0) is 23.8 Å². The maximum Gasteiger partial charge on any atom is 0.413 e. The minimum atomic E-state index is -1.39. The van der Waals surface area contributed by atoms with E-state index in [2.05, 4.69) is 0 Å². The van der Waals surface area contributed by atoms with Gasteiger partial charge in [-0.25, -0.2) is 9.59 Å². The number of amides is 1. The van der Waals surface area contributed by atoms with E-state index in [9.17, 15) is 14.4 Å². The van der Waals surface area contributed by atoms with Gasteiger partial charge in [-0.15, -0.1) is 0 Å². The van der Waals surface area contributed by atoms with E-state index in [0.29, 0.717) is 5.02 Å². The number of ether oxygens (including phenoxy) is 2. The van der Waals surface area contributed by atoms with Gasteiger partial charge in [0.15, 0.2) is 5.78 Å². The molecule has 0 saturated carbocycles. The van der Waals surface area contributed by atoms with Gasteiger partial charge in [0, 0.05) is 11.9 Å². The molecule has 1 aliphatic heterocycles. The van der Waals surface area contributed by atoms with Crippen molar-refractivity contribution in [3.8, 4) is 0 Å². The molecule has 6 nitrogen and oxygen atoms in total. The standard InChI is InChI=1S/C19H16ClNO5/c1-12(22)17(26-18(23)14-8-5-9-15(20)10-14)21-16(11-25-19(21)24)13-6-3-2-4-7-13/h2-10,16-17H,11H2,1H3/t16-,17-/m0/s1. The van der Waals surface area contributed by atoms with Crippen molar-refractivity contribution in [1.29, 1.82) is 0 Å². The zero-order chi connectivity index (χ0) is 18.7. The van der Waals surface area contributed by atoms with E-state index >= 15 is 0 Å². The molecule has 0 unspecified atom stereocenters. The first-order valence-electron chi connectivity index (χ1n) is 7.94. The Morgan fingerprint density at radius 3 is 2.58 bits per heavy atom. The lowest BCUT2D eigenvalue weighted by atomic mass is 10.1. The van der Waals surface area contributed by atoms with E-state index in [-0.39, 0.29) is 12.2 Å². The molecule has 3 rings (SSSR count). The number of cyclic esters (lactones) is 1. The number of halogens is 1. The maximum absolute atomic E-state index is 12.4. The van der Waals surface area contributed by atoms with E-state index in [0.717, 1.165) is 10.5 Å².